The molecule has 0 radical (unpaired) electrons. The number of ether oxygens (including phenoxy) is 4. The van der Waals surface area contributed by atoms with Crippen LogP contribution < -0.4 is 14.2 Å². The van der Waals surface area contributed by atoms with Gasteiger partial charge in [-0.25, -0.2) is 13.2 Å². The number of benzene rings is 2. The second-order valence-electron chi connectivity index (χ2n) is 5.97. The molecule has 1 N–H and O–H groups in total. The lowest BCUT2D eigenvalue weighted by Crippen LogP contribution is -2.14. The number of methoxy groups -OCH3 is 1. The van der Waals surface area contributed by atoms with E-state index in [0.717, 1.165) is 6.42 Å². The van der Waals surface area contributed by atoms with Gasteiger partial charge < -0.3 is 18.9 Å². The van der Waals surface area contributed by atoms with E-state index in [9.17, 15) is 13.2 Å². The molecule has 9 heteroatoms. The maximum Gasteiger partial charge on any atom is 0.338 e. The Hall–Kier alpha value is -2.78. The highest BCUT2D eigenvalue weighted by atomic mass is 32.2. The number of carbonyl (C=O) groups is 1. The van der Waals surface area contributed by atoms with E-state index in [0.29, 0.717) is 42.6 Å². The van der Waals surface area contributed by atoms with E-state index in [1.54, 1.807) is 6.07 Å². The third kappa shape index (κ3) is 4.93. The fraction of sp³-hybridized carbons (Fsp3) is 0.316. The minimum Gasteiger partial charge on any atom is -0.490 e. The second-order valence-corrected chi connectivity index (χ2v) is 7.65. The first-order valence-electron chi connectivity index (χ1n) is 8.68. The summed E-state index contributed by atoms with van der Waals surface area (Å²) in [6, 6.07) is 10.4. The van der Waals surface area contributed by atoms with Crippen LogP contribution in [0.2, 0.25) is 0 Å². The van der Waals surface area contributed by atoms with Crippen LogP contribution in [0.4, 0.5) is 5.69 Å². The summed E-state index contributed by atoms with van der Waals surface area (Å²) < 4.78 is 48.7. The van der Waals surface area contributed by atoms with Gasteiger partial charge in [0.15, 0.2) is 11.5 Å². The van der Waals surface area contributed by atoms with E-state index in [1.165, 1.54) is 43.5 Å². The van der Waals surface area contributed by atoms with Crippen molar-refractivity contribution in [3.8, 4) is 11.5 Å². The smallest absolute Gasteiger partial charge is 0.338 e. The molecule has 0 atom stereocenters. The van der Waals surface area contributed by atoms with Crippen LogP contribution >= 0.6 is 0 Å². The standard InChI is InChI=1S/C19H21NO7S/c1-24-11-12-27-19(21)14-3-5-15(6-4-14)20-28(22,23)16-7-8-17-18(13-16)26-10-2-9-25-17/h3-8,13,20H,2,9-12H2,1H3. The summed E-state index contributed by atoms with van der Waals surface area (Å²) in [5.41, 5.74) is 0.634. The number of nitrogens with one attached hydrogen (secondary N) is 1. The van der Waals surface area contributed by atoms with Crippen molar-refractivity contribution in [2.24, 2.45) is 0 Å². The van der Waals surface area contributed by atoms with Crippen molar-refractivity contribution in [3.05, 3.63) is 48.0 Å². The SMILES string of the molecule is COCCOC(=O)c1ccc(NS(=O)(=O)c2ccc3c(c2)OCCCO3)cc1. The van der Waals surface area contributed by atoms with Crippen molar-refractivity contribution in [2.45, 2.75) is 11.3 Å². The summed E-state index contributed by atoms with van der Waals surface area (Å²) in [5.74, 6) is 0.414. The molecule has 1 aliphatic heterocycles. The minimum atomic E-state index is -3.83. The van der Waals surface area contributed by atoms with Gasteiger partial charge in [-0.15, -0.1) is 0 Å². The van der Waals surface area contributed by atoms with Gasteiger partial charge in [0.25, 0.3) is 10.0 Å². The van der Waals surface area contributed by atoms with Crippen molar-refractivity contribution < 1.29 is 32.2 Å². The number of hydrogen-bond donors (Lipinski definition) is 1. The highest BCUT2D eigenvalue weighted by Crippen LogP contribution is 2.32. The van der Waals surface area contributed by atoms with Crippen LogP contribution in [0.3, 0.4) is 0 Å². The Morgan fingerprint density at radius 1 is 1.04 bits per heavy atom. The summed E-state index contributed by atoms with van der Waals surface area (Å²) in [6.45, 7) is 1.44. The van der Waals surface area contributed by atoms with Gasteiger partial charge in [-0.3, -0.25) is 4.72 Å². The fourth-order valence-corrected chi connectivity index (χ4v) is 3.57. The molecule has 0 spiro atoms. The van der Waals surface area contributed by atoms with E-state index < -0.39 is 16.0 Å². The first-order valence-corrected chi connectivity index (χ1v) is 10.2. The van der Waals surface area contributed by atoms with Crippen LogP contribution in [0, 0.1) is 0 Å². The van der Waals surface area contributed by atoms with Gasteiger partial charge in [0.1, 0.15) is 6.61 Å². The Morgan fingerprint density at radius 2 is 1.75 bits per heavy atom. The zero-order chi connectivity index (χ0) is 20.0. The van der Waals surface area contributed by atoms with Crippen LogP contribution in [0.1, 0.15) is 16.8 Å². The molecular weight excluding hydrogens is 386 g/mol. The van der Waals surface area contributed by atoms with E-state index in [4.69, 9.17) is 18.9 Å². The zero-order valence-electron chi connectivity index (χ0n) is 15.3. The Labute approximate surface area is 163 Å². The van der Waals surface area contributed by atoms with Crippen molar-refractivity contribution in [3.63, 3.8) is 0 Å². The molecule has 2 aromatic carbocycles. The molecular formula is C19H21NO7S. The van der Waals surface area contributed by atoms with Gasteiger partial charge in [-0.05, 0) is 36.4 Å². The van der Waals surface area contributed by atoms with Crippen LogP contribution in [-0.4, -0.2) is 47.9 Å². The maximum atomic E-state index is 12.7. The largest absolute Gasteiger partial charge is 0.490 e. The normalized spacial score (nSPS) is 13.5. The van der Waals surface area contributed by atoms with Crippen molar-refractivity contribution in [1.82, 2.24) is 0 Å². The minimum absolute atomic E-state index is 0.0554. The Balaban J connectivity index is 1.70. The Bertz CT molecular complexity index is 926. The summed E-state index contributed by atoms with van der Waals surface area (Å²) in [7, 11) is -2.32. The van der Waals surface area contributed by atoms with Gasteiger partial charge in [0.05, 0.1) is 30.3 Å². The van der Waals surface area contributed by atoms with Crippen molar-refractivity contribution in [2.75, 3.05) is 38.3 Å². The van der Waals surface area contributed by atoms with Crippen molar-refractivity contribution >= 4 is 21.7 Å². The fourth-order valence-electron chi connectivity index (χ4n) is 2.50. The molecule has 0 aliphatic carbocycles. The first kappa shape index (κ1) is 20.0. The summed E-state index contributed by atoms with van der Waals surface area (Å²) in [6.07, 6.45) is 0.731. The molecule has 0 saturated carbocycles. The highest BCUT2D eigenvalue weighted by Gasteiger charge is 2.19. The molecule has 150 valence electrons. The average Bonchev–Trinajstić information content (AvgIpc) is 2.93. The van der Waals surface area contributed by atoms with Gasteiger partial charge in [0, 0.05) is 25.3 Å². The number of sulfonamides is 1. The van der Waals surface area contributed by atoms with E-state index in [-0.39, 0.29) is 11.5 Å². The number of fused-ring (bicyclic) bond motifs is 1. The molecule has 28 heavy (non-hydrogen) atoms. The monoisotopic (exact) mass is 407 g/mol. The average molecular weight is 407 g/mol. The number of carbonyl (C=O) groups excluding carboxylic acids is 1. The summed E-state index contributed by atoms with van der Waals surface area (Å²) in [5, 5.41) is 0. The molecule has 0 aromatic heterocycles. The summed E-state index contributed by atoms with van der Waals surface area (Å²) >= 11 is 0. The molecule has 8 nitrogen and oxygen atoms in total. The van der Waals surface area contributed by atoms with E-state index >= 15 is 0 Å². The Morgan fingerprint density at radius 3 is 2.46 bits per heavy atom. The van der Waals surface area contributed by atoms with Crippen LogP contribution in [-0.2, 0) is 19.5 Å². The number of esters is 1. The van der Waals surface area contributed by atoms with Crippen LogP contribution in [0.25, 0.3) is 0 Å². The molecule has 2 aromatic rings. The molecule has 3 rings (SSSR count). The second kappa shape index (κ2) is 8.94. The zero-order valence-corrected chi connectivity index (χ0v) is 16.2. The number of hydrogen-bond acceptors (Lipinski definition) is 7. The molecule has 0 saturated heterocycles. The van der Waals surface area contributed by atoms with Gasteiger partial charge in [-0.1, -0.05) is 0 Å². The molecule has 1 aliphatic rings. The number of rotatable bonds is 7. The third-order valence-electron chi connectivity index (χ3n) is 3.92. The third-order valence-corrected chi connectivity index (χ3v) is 5.30. The van der Waals surface area contributed by atoms with Crippen LogP contribution in [0.15, 0.2) is 47.4 Å². The first-order chi connectivity index (χ1) is 13.5. The Kier molecular flexibility index (Phi) is 6.37. The predicted octanol–water partition coefficient (Wildman–Crippen LogP) is 2.45. The topological polar surface area (TPSA) is 100 Å². The van der Waals surface area contributed by atoms with Crippen LogP contribution in [0.5, 0.6) is 11.5 Å². The van der Waals surface area contributed by atoms with Crippen molar-refractivity contribution in [1.29, 1.82) is 0 Å². The van der Waals surface area contributed by atoms with Gasteiger partial charge >= 0.3 is 5.97 Å². The van der Waals surface area contributed by atoms with E-state index in [2.05, 4.69) is 4.72 Å². The quantitative estimate of drug-likeness (QED) is 0.556. The highest BCUT2D eigenvalue weighted by molar-refractivity contribution is 7.92. The molecule has 0 amide bonds. The van der Waals surface area contributed by atoms with Gasteiger partial charge in [-0.2, -0.15) is 0 Å². The molecule has 0 bridgehead atoms. The molecule has 1 heterocycles. The van der Waals surface area contributed by atoms with E-state index in [1.807, 2.05) is 0 Å². The lowest BCUT2D eigenvalue weighted by molar-refractivity contribution is 0.0388. The lowest BCUT2D eigenvalue weighted by atomic mass is 10.2. The molecule has 0 fully saturated rings. The maximum absolute atomic E-state index is 12.7. The van der Waals surface area contributed by atoms with Gasteiger partial charge in [0.2, 0.25) is 0 Å². The molecule has 0 unspecified atom stereocenters. The number of anilines is 1. The summed E-state index contributed by atoms with van der Waals surface area (Å²) in [4.78, 5) is 11.9. The predicted molar refractivity (Wildman–Crippen MR) is 101 cm³/mol. The lowest BCUT2D eigenvalue weighted by Gasteiger charge is -2.12.